The van der Waals surface area contributed by atoms with Crippen LogP contribution in [0.2, 0.25) is 0 Å². The minimum absolute atomic E-state index is 0.320. The Hall–Kier alpha value is 0.350. The highest BCUT2D eigenvalue weighted by Crippen LogP contribution is 3.27. The Kier molecular flexibility index (Phi) is 3.35. The van der Waals surface area contributed by atoms with Gasteiger partial charge in [0.25, 0.3) is 0 Å². The van der Waals surface area contributed by atoms with E-state index in [1.54, 1.807) is 44.9 Å². The second-order valence-corrected chi connectivity index (χ2v) is 30.7. The lowest BCUT2D eigenvalue weighted by atomic mass is 8.88. The quantitative estimate of drug-likeness (QED) is 0.268. The summed E-state index contributed by atoms with van der Waals surface area (Å²) >= 11 is 5.74. The maximum Gasteiger partial charge on any atom is 0.0110 e. The van der Waals surface area contributed by atoms with Crippen LogP contribution in [0.3, 0.4) is 0 Å². The van der Waals surface area contributed by atoms with Crippen LogP contribution < -0.4 is 0 Å². The Morgan fingerprint density at radius 1 is 0.500 bits per heavy atom. The summed E-state index contributed by atoms with van der Waals surface area (Å²) in [6.07, 6.45) is 14.8. The average Bonchev–Trinajstić information content (AvgIpc) is 3.74. The number of thiol groups is 1. The summed E-state index contributed by atoms with van der Waals surface area (Å²) in [5, 5.41) is 0. The van der Waals surface area contributed by atoms with Crippen LogP contribution in [0, 0.1) is 215 Å². The van der Waals surface area contributed by atoms with Gasteiger partial charge in [0.1, 0.15) is 0 Å². The fraction of sp³-hybridized carbons (Fsp3) is 1.00. The zero-order chi connectivity index (χ0) is 34.6. The van der Waals surface area contributed by atoms with Gasteiger partial charge in [0.05, 0.1) is 0 Å². The summed E-state index contributed by atoms with van der Waals surface area (Å²) in [5.74, 6) is 34.2. The molecule has 21 rings (SSSR count). The highest BCUT2D eigenvalue weighted by atomic mass is 32.1. The molecular formula is C53H66S. The SMILES string of the molecule is CCC1C(C2C3CC45CC(C)(S)CC4C4C6C7C8C9C%10CC%11CC%12CC%13C%12CC%12C(C)C%14C(C)C2C2C3C45C63C2C2C%14C4C5C%12C%13C%11%10C59C48C273)CC1(C)C. The molecule has 37 atom stereocenters. The Bertz CT molecular complexity index is 2170. The van der Waals surface area contributed by atoms with Crippen LogP contribution in [0.25, 0.3) is 0 Å². The van der Waals surface area contributed by atoms with E-state index in [0.717, 1.165) is 97.1 Å². The second-order valence-electron chi connectivity index (χ2n) is 29.6. The van der Waals surface area contributed by atoms with Gasteiger partial charge >= 0.3 is 0 Å². The fourth-order valence-electron chi connectivity index (χ4n) is 35.5. The van der Waals surface area contributed by atoms with Crippen molar-refractivity contribution >= 4 is 12.6 Å². The lowest BCUT2D eigenvalue weighted by molar-refractivity contribution is -0.702. The monoisotopic (exact) mass is 734 g/mol. The van der Waals surface area contributed by atoms with Crippen molar-refractivity contribution in [3.8, 4) is 0 Å². The zero-order valence-corrected chi connectivity index (χ0v) is 34.9. The third-order valence-corrected chi connectivity index (χ3v) is 32.4. The van der Waals surface area contributed by atoms with Crippen molar-refractivity contribution < 1.29 is 0 Å². The normalized spacial score (nSPS) is 92.4. The summed E-state index contributed by atoms with van der Waals surface area (Å²) in [7, 11) is 0. The van der Waals surface area contributed by atoms with Gasteiger partial charge in [-0.05, 0) is 266 Å². The second kappa shape index (κ2) is 6.47. The molecule has 0 saturated heterocycles. The van der Waals surface area contributed by atoms with Gasteiger partial charge < -0.3 is 0 Å². The van der Waals surface area contributed by atoms with E-state index in [2.05, 4.69) is 41.5 Å². The molecule has 7 spiro atoms. The number of hydrogen-bond donors (Lipinski definition) is 1. The van der Waals surface area contributed by atoms with Crippen molar-refractivity contribution in [1.82, 2.24) is 0 Å². The Morgan fingerprint density at radius 3 is 1.98 bits per heavy atom. The molecule has 37 unspecified atom stereocenters. The molecule has 0 heterocycles. The summed E-state index contributed by atoms with van der Waals surface area (Å²) in [4.78, 5) is 0. The zero-order valence-electron chi connectivity index (χ0n) is 34.1. The van der Waals surface area contributed by atoms with E-state index >= 15 is 0 Å². The molecule has 21 saturated carbocycles. The van der Waals surface area contributed by atoms with Gasteiger partial charge in [0.15, 0.2) is 0 Å². The Balaban J connectivity index is 0.878. The first kappa shape index (κ1) is 28.0. The Morgan fingerprint density at radius 2 is 1.20 bits per heavy atom. The molecule has 54 heavy (non-hydrogen) atoms. The van der Waals surface area contributed by atoms with Crippen LogP contribution in [-0.2, 0) is 0 Å². The van der Waals surface area contributed by atoms with Crippen molar-refractivity contribution in [3.63, 3.8) is 0 Å². The molecule has 0 nitrogen and oxygen atoms in total. The van der Waals surface area contributed by atoms with Crippen LogP contribution in [-0.4, -0.2) is 4.75 Å². The third kappa shape index (κ3) is 1.54. The topological polar surface area (TPSA) is 0 Å². The molecule has 2 bridgehead atoms. The molecule has 0 aromatic carbocycles. The van der Waals surface area contributed by atoms with Crippen LogP contribution in [0.1, 0.15) is 99.3 Å². The first-order valence-corrected chi connectivity index (χ1v) is 26.2. The van der Waals surface area contributed by atoms with E-state index in [0.29, 0.717) is 10.2 Å². The van der Waals surface area contributed by atoms with Crippen molar-refractivity contribution in [3.05, 3.63) is 0 Å². The van der Waals surface area contributed by atoms with Crippen molar-refractivity contribution in [1.29, 1.82) is 0 Å². The van der Waals surface area contributed by atoms with Crippen LogP contribution in [0.4, 0.5) is 0 Å². The maximum atomic E-state index is 5.74. The Labute approximate surface area is 330 Å². The standard InChI is InChI=1S/C53H66S/c1-7-25-23(12-45(25,4)5)30-24-13-47-15-46(6,54)14-27(47)37-43-44-42-36-26-10-19-8-18-9-22-21(18)11-20-16(2)28-17(3)29(30)33-35(24)49(37,47)51(43)41(33)40-32(28)39-38-31(20)34(22)48(19,26)50(36,38)52(39,42)53(40,44)51/h16-44,54H,7-15H2,1-6H3. The van der Waals surface area contributed by atoms with E-state index in [9.17, 15) is 0 Å². The van der Waals surface area contributed by atoms with Crippen LogP contribution in [0.5, 0.6) is 0 Å². The van der Waals surface area contributed by atoms with Crippen molar-refractivity contribution in [2.45, 2.75) is 104 Å². The molecule has 0 aromatic heterocycles. The fourth-order valence-corrected chi connectivity index (χ4v) is 36.0. The third-order valence-electron chi connectivity index (χ3n) is 32.1. The molecule has 0 radical (unpaired) electrons. The maximum absolute atomic E-state index is 5.74. The van der Waals surface area contributed by atoms with Gasteiger partial charge in [-0.25, -0.2) is 0 Å². The van der Waals surface area contributed by atoms with Gasteiger partial charge in [0, 0.05) is 4.75 Å². The highest BCUT2D eigenvalue weighted by molar-refractivity contribution is 7.81. The largest absolute Gasteiger partial charge is 0.173 e. The highest BCUT2D eigenvalue weighted by Gasteiger charge is 3.25. The molecule has 0 N–H and O–H groups in total. The molecule has 21 aliphatic rings. The van der Waals surface area contributed by atoms with E-state index in [-0.39, 0.29) is 0 Å². The van der Waals surface area contributed by atoms with Gasteiger partial charge in [-0.3, -0.25) is 0 Å². The average molecular weight is 735 g/mol. The molecule has 284 valence electrons. The first-order chi connectivity index (χ1) is 26.0. The van der Waals surface area contributed by atoms with Gasteiger partial charge in [-0.15, -0.1) is 0 Å². The van der Waals surface area contributed by atoms with Crippen molar-refractivity contribution in [2.24, 2.45) is 215 Å². The lowest BCUT2D eigenvalue weighted by Crippen LogP contribution is -3.13. The van der Waals surface area contributed by atoms with Gasteiger partial charge in [-0.1, -0.05) is 48.0 Å². The molecule has 21 aliphatic carbocycles. The van der Waals surface area contributed by atoms with E-state index < -0.39 is 0 Å². The molecule has 0 amide bonds. The molecule has 1 heteroatoms. The molecular weight excluding hydrogens is 669 g/mol. The van der Waals surface area contributed by atoms with Crippen LogP contribution >= 0.6 is 12.6 Å². The first-order valence-electron chi connectivity index (χ1n) is 25.7. The van der Waals surface area contributed by atoms with E-state index in [4.69, 9.17) is 12.6 Å². The number of fused-ring (bicyclic) bond motifs is 8. The van der Waals surface area contributed by atoms with Crippen molar-refractivity contribution in [2.75, 3.05) is 0 Å². The molecule has 0 aromatic rings. The summed E-state index contributed by atoms with van der Waals surface area (Å²) in [6.45, 7) is 16.9. The molecule has 21 fully saturated rings. The minimum atomic E-state index is 0.320. The summed E-state index contributed by atoms with van der Waals surface area (Å²) in [6, 6.07) is 0. The summed E-state index contributed by atoms with van der Waals surface area (Å²) < 4.78 is 0.320. The predicted octanol–water partition coefficient (Wildman–Crippen LogP) is 10.3. The number of rotatable bonds is 2. The smallest absolute Gasteiger partial charge is 0.0110 e. The lowest BCUT2D eigenvalue weighted by Gasteiger charge is -3.15. The van der Waals surface area contributed by atoms with Crippen LogP contribution in [0.15, 0.2) is 0 Å². The van der Waals surface area contributed by atoms with E-state index in [1.165, 1.54) is 125 Å². The van der Waals surface area contributed by atoms with Gasteiger partial charge in [0.2, 0.25) is 0 Å². The molecule has 0 aliphatic heterocycles. The van der Waals surface area contributed by atoms with Gasteiger partial charge in [-0.2, -0.15) is 12.6 Å². The summed E-state index contributed by atoms with van der Waals surface area (Å²) in [5.41, 5.74) is 6.73. The predicted molar refractivity (Wildman–Crippen MR) is 208 cm³/mol. The minimum Gasteiger partial charge on any atom is -0.173 e. The number of hydrogen-bond acceptors (Lipinski definition) is 1. The van der Waals surface area contributed by atoms with E-state index in [1.807, 2.05) is 0 Å².